The van der Waals surface area contributed by atoms with E-state index in [-0.39, 0.29) is 35.9 Å². The van der Waals surface area contributed by atoms with Gasteiger partial charge in [0, 0.05) is 18.4 Å². The second-order valence-corrected chi connectivity index (χ2v) is 6.75. The first-order valence-corrected chi connectivity index (χ1v) is 8.14. The van der Waals surface area contributed by atoms with Crippen molar-refractivity contribution in [1.82, 2.24) is 10.6 Å². The van der Waals surface area contributed by atoms with Crippen LogP contribution in [0.25, 0.3) is 0 Å². The van der Waals surface area contributed by atoms with Crippen LogP contribution >= 0.6 is 0 Å². The minimum Gasteiger partial charge on any atom is -0.406 e. The van der Waals surface area contributed by atoms with Crippen molar-refractivity contribution < 1.29 is 27.5 Å². The van der Waals surface area contributed by atoms with Crippen molar-refractivity contribution in [2.45, 2.75) is 50.6 Å². The Kier molecular flexibility index (Phi) is 4.38. The zero-order valence-electron chi connectivity index (χ0n) is 13.7. The monoisotopic (exact) mass is 356 g/mol. The molecule has 8 heteroatoms. The van der Waals surface area contributed by atoms with Crippen LogP contribution in [0.5, 0.6) is 5.75 Å². The standard InChI is InChI=1S/C17H19F3N2O3/c1-10-8-11(9-14(23)21-10)15(24)22-16(6-7-16)12-2-4-13(5-3-12)25-17(18,19)20/h2-5,10-11H,6-9H2,1H3,(H,21,23)(H,22,24)/t10-,11+/m1/s1. The highest BCUT2D eigenvalue weighted by atomic mass is 19.4. The highest BCUT2D eigenvalue weighted by molar-refractivity contribution is 5.87. The molecule has 2 amide bonds. The van der Waals surface area contributed by atoms with Gasteiger partial charge in [-0.15, -0.1) is 13.2 Å². The Morgan fingerprint density at radius 2 is 1.92 bits per heavy atom. The van der Waals surface area contributed by atoms with E-state index in [1.54, 1.807) is 0 Å². The summed E-state index contributed by atoms with van der Waals surface area (Å²) < 4.78 is 40.5. The molecule has 1 heterocycles. The van der Waals surface area contributed by atoms with Crippen LogP contribution < -0.4 is 15.4 Å². The number of hydrogen-bond donors (Lipinski definition) is 2. The lowest BCUT2D eigenvalue weighted by molar-refractivity contribution is -0.274. The molecule has 0 aromatic heterocycles. The number of benzene rings is 1. The second-order valence-electron chi connectivity index (χ2n) is 6.75. The number of carbonyl (C=O) groups is 2. The number of nitrogens with one attached hydrogen (secondary N) is 2. The predicted octanol–water partition coefficient (Wildman–Crippen LogP) is 2.61. The summed E-state index contributed by atoms with van der Waals surface area (Å²) in [5.41, 5.74) is 0.189. The fraction of sp³-hybridized carbons (Fsp3) is 0.529. The van der Waals surface area contributed by atoms with E-state index in [9.17, 15) is 22.8 Å². The number of halogens is 3. The van der Waals surface area contributed by atoms with E-state index in [1.807, 2.05) is 6.92 Å². The highest BCUT2D eigenvalue weighted by Crippen LogP contribution is 2.46. The summed E-state index contributed by atoms with van der Waals surface area (Å²) in [5, 5.41) is 5.75. The van der Waals surface area contributed by atoms with Gasteiger partial charge in [-0.25, -0.2) is 0 Å². The molecule has 2 fully saturated rings. The summed E-state index contributed by atoms with van der Waals surface area (Å²) in [5.74, 6) is -1.00. The number of rotatable bonds is 4. The van der Waals surface area contributed by atoms with E-state index >= 15 is 0 Å². The second kappa shape index (κ2) is 6.24. The summed E-state index contributed by atoms with van der Waals surface area (Å²) in [6, 6.07) is 5.50. The molecule has 1 aliphatic carbocycles. The van der Waals surface area contributed by atoms with Crippen LogP contribution in [0.3, 0.4) is 0 Å². The van der Waals surface area contributed by atoms with E-state index in [0.717, 1.165) is 5.56 Å². The van der Waals surface area contributed by atoms with Crippen molar-refractivity contribution in [2.75, 3.05) is 0 Å². The van der Waals surface area contributed by atoms with E-state index in [0.29, 0.717) is 19.3 Å². The summed E-state index contributed by atoms with van der Waals surface area (Å²) >= 11 is 0. The van der Waals surface area contributed by atoms with Crippen LogP contribution in [0.2, 0.25) is 0 Å². The lowest BCUT2D eigenvalue weighted by Gasteiger charge is -2.28. The average Bonchev–Trinajstić information content (AvgIpc) is 3.26. The molecule has 0 radical (unpaired) electrons. The summed E-state index contributed by atoms with van der Waals surface area (Å²) in [6.45, 7) is 1.85. The minimum absolute atomic E-state index is 0.0500. The quantitative estimate of drug-likeness (QED) is 0.871. The van der Waals surface area contributed by atoms with Gasteiger partial charge in [-0.1, -0.05) is 12.1 Å². The third-order valence-electron chi connectivity index (χ3n) is 4.60. The fourth-order valence-corrected chi connectivity index (χ4v) is 3.25. The van der Waals surface area contributed by atoms with Crippen molar-refractivity contribution >= 4 is 11.8 Å². The molecule has 5 nitrogen and oxygen atoms in total. The molecule has 2 atom stereocenters. The molecule has 136 valence electrons. The lowest BCUT2D eigenvalue weighted by Crippen LogP contribution is -2.47. The maximum absolute atomic E-state index is 12.5. The molecule has 0 bridgehead atoms. The van der Waals surface area contributed by atoms with Crippen LogP contribution in [0, 0.1) is 5.92 Å². The number of carbonyl (C=O) groups excluding carboxylic acids is 2. The van der Waals surface area contributed by atoms with Crippen LogP contribution in [0.4, 0.5) is 13.2 Å². The number of piperidine rings is 1. The van der Waals surface area contributed by atoms with Gasteiger partial charge in [0.15, 0.2) is 0 Å². The van der Waals surface area contributed by atoms with E-state index in [4.69, 9.17) is 0 Å². The smallest absolute Gasteiger partial charge is 0.406 e. The van der Waals surface area contributed by atoms with Gasteiger partial charge in [0.05, 0.1) is 5.54 Å². The van der Waals surface area contributed by atoms with Gasteiger partial charge in [-0.05, 0) is 43.9 Å². The van der Waals surface area contributed by atoms with Crippen molar-refractivity contribution in [3.8, 4) is 5.75 Å². The Bertz CT molecular complexity index is 669. The summed E-state index contributed by atoms with van der Waals surface area (Å²) in [6.07, 6.45) is -2.57. The maximum Gasteiger partial charge on any atom is 0.573 e. The van der Waals surface area contributed by atoms with E-state index in [2.05, 4.69) is 15.4 Å². The molecule has 0 unspecified atom stereocenters. The molecule has 1 aromatic rings. The van der Waals surface area contributed by atoms with Crippen LogP contribution in [0.15, 0.2) is 24.3 Å². The predicted molar refractivity (Wildman–Crippen MR) is 82.5 cm³/mol. The largest absolute Gasteiger partial charge is 0.573 e. The average molecular weight is 356 g/mol. The zero-order chi connectivity index (χ0) is 18.2. The van der Waals surface area contributed by atoms with Gasteiger partial charge in [0.1, 0.15) is 5.75 Å². The van der Waals surface area contributed by atoms with Gasteiger partial charge in [-0.3, -0.25) is 9.59 Å². The Morgan fingerprint density at radius 1 is 1.28 bits per heavy atom. The molecule has 1 aliphatic heterocycles. The van der Waals surface area contributed by atoms with Crippen molar-refractivity contribution in [2.24, 2.45) is 5.92 Å². The molecule has 2 N–H and O–H groups in total. The summed E-state index contributed by atoms with van der Waals surface area (Å²) in [4.78, 5) is 24.1. The Morgan fingerprint density at radius 3 is 2.44 bits per heavy atom. The molecular formula is C17H19F3N2O3. The van der Waals surface area contributed by atoms with Gasteiger partial charge in [0.2, 0.25) is 11.8 Å². The molecule has 0 spiro atoms. The van der Waals surface area contributed by atoms with Gasteiger partial charge < -0.3 is 15.4 Å². The normalized spacial score (nSPS) is 25.0. The molecular weight excluding hydrogens is 337 g/mol. The SMILES string of the molecule is C[C@@H]1C[C@H](C(=O)NC2(c3ccc(OC(F)(F)F)cc3)CC2)CC(=O)N1. The Balaban J connectivity index is 1.66. The molecule has 2 aliphatic rings. The van der Waals surface area contributed by atoms with Crippen LogP contribution in [0.1, 0.15) is 38.2 Å². The van der Waals surface area contributed by atoms with Crippen molar-refractivity contribution in [3.63, 3.8) is 0 Å². The van der Waals surface area contributed by atoms with Crippen LogP contribution in [-0.2, 0) is 15.1 Å². The topological polar surface area (TPSA) is 67.4 Å². The zero-order valence-corrected chi connectivity index (χ0v) is 13.7. The van der Waals surface area contributed by atoms with Crippen LogP contribution in [-0.4, -0.2) is 24.2 Å². The number of amides is 2. The molecule has 1 aromatic carbocycles. The third-order valence-corrected chi connectivity index (χ3v) is 4.60. The number of hydrogen-bond acceptors (Lipinski definition) is 3. The van der Waals surface area contributed by atoms with Crippen molar-refractivity contribution in [3.05, 3.63) is 29.8 Å². The Labute approximate surface area is 142 Å². The van der Waals surface area contributed by atoms with E-state index < -0.39 is 11.9 Å². The molecule has 25 heavy (non-hydrogen) atoms. The van der Waals surface area contributed by atoms with Gasteiger partial charge in [0.25, 0.3) is 0 Å². The molecule has 1 saturated carbocycles. The Hall–Kier alpha value is -2.25. The summed E-state index contributed by atoms with van der Waals surface area (Å²) in [7, 11) is 0. The lowest BCUT2D eigenvalue weighted by atomic mass is 9.91. The minimum atomic E-state index is -4.73. The van der Waals surface area contributed by atoms with Gasteiger partial charge in [-0.2, -0.15) is 0 Å². The highest BCUT2D eigenvalue weighted by Gasteiger charge is 2.47. The van der Waals surface area contributed by atoms with E-state index in [1.165, 1.54) is 24.3 Å². The van der Waals surface area contributed by atoms with Crippen molar-refractivity contribution in [1.29, 1.82) is 0 Å². The first-order chi connectivity index (χ1) is 11.7. The fourth-order valence-electron chi connectivity index (χ4n) is 3.25. The van der Waals surface area contributed by atoms with Gasteiger partial charge >= 0.3 is 6.36 Å². The number of ether oxygens (including phenoxy) is 1. The first kappa shape index (κ1) is 17.6. The molecule has 3 rings (SSSR count). The number of alkyl halides is 3. The maximum atomic E-state index is 12.5. The molecule has 1 saturated heterocycles. The first-order valence-electron chi connectivity index (χ1n) is 8.14. The third kappa shape index (κ3) is 4.24.